The highest BCUT2D eigenvalue weighted by Gasteiger charge is 2.35. The number of carbonyl (C=O) groups excluding carboxylic acids is 1. The Labute approximate surface area is 151 Å². The van der Waals surface area contributed by atoms with Crippen molar-refractivity contribution in [2.45, 2.75) is 33.0 Å². The summed E-state index contributed by atoms with van der Waals surface area (Å²) in [5.74, 6) is 1.97. The van der Waals surface area contributed by atoms with Crippen LogP contribution in [0.2, 0.25) is 0 Å². The van der Waals surface area contributed by atoms with E-state index < -0.39 is 0 Å². The van der Waals surface area contributed by atoms with Gasteiger partial charge in [-0.15, -0.1) is 0 Å². The number of carbonyl (C=O) groups is 1. The zero-order chi connectivity index (χ0) is 18.3. The van der Waals surface area contributed by atoms with E-state index >= 15 is 0 Å². The molecule has 0 bridgehead atoms. The number of oxazole rings is 1. The minimum Gasteiger partial charge on any atom is -0.496 e. The molecule has 1 aromatic carbocycles. The normalized spacial score (nSPS) is 16.4. The fourth-order valence-corrected chi connectivity index (χ4v) is 3.49. The van der Waals surface area contributed by atoms with Crippen LogP contribution in [0.1, 0.15) is 39.4 Å². The van der Waals surface area contributed by atoms with E-state index in [2.05, 4.69) is 14.5 Å². The highest BCUT2D eigenvalue weighted by Crippen LogP contribution is 2.36. The first-order valence-corrected chi connectivity index (χ1v) is 8.45. The van der Waals surface area contributed by atoms with Crippen LogP contribution in [-0.4, -0.2) is 32.5 Å². The van der Waals surface area contributed by atoms with Gasteiger partial charge in [-0.25, -0.2) is 9.97 Å². The molecule has 0 spiro atoms. The van der Waals surface area contributed by atoms with E-state index in [0.717, 1.165) is 22.8 Å². The van der Waals surface area contributed by atoms with E-state index in [1.54, 1.807) is 18.9 Å². The molecule has 26 heavy (non-hydrogen) atoms. The molecular formula is C19H20N4O3. The zero-order valence-corrected chi connectivity index (χ0v) is 15.0. The summed E-state index contributed by atoms with van der Waals surface area (Å²) in [5, 5.41) is 0. The van der Waals surface area contributed by atoms with Gasteiger partial charge in [-0.1, -0.05) is 18.2 Å². The van der Waals surface area contributed by atoms with Gasteiger partial charge in [-0.2, -0.15) is 0 Å². The first-order chi connectivity index (χ1) is 12.6. The number of benzene rings is 1. The smallest absolute Gasteiger partial charge is 0.277 e. The summed E-state index contributed by atoms with van der Waals surface area (Å²) in [6, 6.07) is 7.60. The number of para-hydroxylation sites is 1. The van der Waals surface area contributed by atoms with Gasteiger partial charge in [0.25, 0.3) is 5.91 Å². The van der Waals surface area contributed by atoms with Crippen molar-refractivity contribution in [2.75, 3.05) is 7.11 Å². The average Bonchev–Trinajstić information content (AvgIpc) is 3.25. The number of fused-ring (bicyclic) bond motifs is 1. The maximum atomic E-state index is 13.2. The van der Waals surface area contributed by atoms with Crippen molar-refractivity contribution >= 4 is 5.91 Å². The van der Waals surface area contributed by atoms with Crippen molar-refractivity contribution in [2.24, 2.45) is 0 Å². The lowest BCUT2D eigenvalue weighted by Crippen LogP contribution is -2.42. The van der Waals surface area contributed by atoms with Crippen LogP contribution in [0, 0.1) is 13.8 Å². The van der Waals surface area contributed by atoms with E-state index in [4.69, 9.17) is 9.15 Å². The maximum Gasteiger partial charge on any atom is 0.277 e. The molecule has 0 N–H and O–H groups in total. The van der Waals surface area contributed by atoms with Gasteiger partial charge in [0.1, 0.15) is 17.3 Å². The minimum atomic E-state index is -0.185. The Hall–Kier alpha value is -3.09. The molecule has 0 saturated carbocycles. The Kier molecular flexibility index (Phi) is 3.99. The number of hydrogen-bond donors (Lipinski definition) is 0. The predicted molar refractivity (Wildman–Crippen MR) is 93.8 cm³/mol. The number of ether oxygens (including phenoxy) is 1. The van der Waals surface area contributed by atoms with Gasteiger partial charge in [0, 0.05) is 24.0 Å². The number of aryl methyl sites for hydroxylation is 2. The van der Waals surface area contributed by atoms with Gasteiger partial charge < -0.3 is 18.6 Å². The monoisotopic (exact) mass is 352 g/mol. The van der Waals surface area contributed by atoms with Crippen LogP contribution in [0.25, 0.3) is 0 Å². The van der Waals surface area contributed by atoms with Crippen molar-refractivity contribution in [1.82, 2.24) is 19.4 Å². The molecule has 0 radical (unpaired) electrons. The summed E-state index contributed by atoms with van der Waals surface area (Å²) >= 11 is 0. The Morgan fingerprint density at radius 1 is 1.27 bits per heavy atom. The fourth-order valence-electron chi connectivity index (χ4n) is 3.49. The molecule has 0 saturated heterocycles. The molecule has 2 aromatic heterocycles. The first kappa shape index (κ1) is 16.4. The molecule has 1 amide bonds. The quantitative estimate of drug-likeness (QED) is 0.725. The molecular weight excluding hydrogens is 332 g/mol. The van der Waals surface area contributed by atoms with E-state index in [1.807, 2.05) is 37.4 Å². The van der Waals surface area contributed by atoms with Crippen LogP contribution >= 0.6 is 0 Å². The van der Waals surface area contributed by atoms with Crippen molar-refractivity contribution in [3.8, 4) is 5.75 Å². The number of aromatic nitrogens is 3. The van der Waals surface area contributed by atoms with E-state index in [1.165, 1.54) is 6.39 Å². The Morgan fingerprint density at radius 2 is 2.08 bits per heavy atom. The maximum absolute atomic E-state index is 13.2. The molecule has 4 rings (SSSR count). The average molecular weight is 352 g/mol. The SMILES string of the molecule is COc1ccccc1[C@@H]1Cn2c(C)cnc2CN1C(=O)c1ncoc1C. The van der Waals surface area contributed by atoms with Gasteiger partial charge in [0.15, 0.2) is 12.1 Å². The molecule has 0 fully saturated rings. The van der Waals surface area contributed by atoms with Crippen molar-refractivity contribution < 1.29 is 13.9 Å². The molecule has 7 heteroatoms. The summed E-state index contributed by atoms with van der Waals surface area (Å²) in [4.78, 5) is 23.6. The molecule has 134 valence electrons. The zero-order valence-electron chi connectivity index (χ0n) is 15.0. The van der Waals surface area contributed by atoms with Crippen molar-refractivity contribution in [3.05, 3.63) is 65.4 Å². The second-order valence-corrected chi connectivity index (χ2v) is 6.37. The second kappa shape index (κ2) is 6.33. The lowest BCUT2D eigenvalue weighted by molar-refractivity contribution is 0.0572. The van der Waals surface area contributed by atoms with E-state index in [0.29, 0.717) is 24.5 Å². The summed E-state index contributed by atoms with van der Waals surface area (Å²) < 4.78 is 12.9. The number of nitrogens with zero attached hydrogens (tertiary/aromatic N) is 4. The Bertz CT molecular complexity index is 959. The molecule has 3 aromatic rings. The largest absolute Gasteiger partial charge is 0.496 e. The molecule has 7 nitrogen and oxygen atoms in total. The molecule has 0 aliphatic carbocycles. The number of amides is 1. The van der Waals surface area contributed by atoms with Crippen LogP contribution in [0.5, 0.6) is 5.75 Å². The summed E-state index contributed by atoms with van der Waals surface area (Å²) in [5.41, 5.74) is 2.37. The summed E-state index contributed by atoms with van der Waals surface area (Å²) in [6.07, 6.45) is 3.14. The standard InChI is InChI=1S/C19H20N4O3/c1-12-8-20-17-10-23(19(24)18-13(2)26-11-21-18)15(9-22(12)17)14-6-4-5-7-16(14)25-3/h4-8,11,15H,9-10H2,1-3H3/t15-/m0/s1. The van der Waals surface area contributed by atoms with Crippen LogP contribution in [0.4, 0.5) is 0 Å². The summed E-state index contributed by atoms with van der Waals surface area (Å²) in [6.45, 7) is 4.79. The Morgan fingerprint density at radius 3 is 2.81 bits per heavy atom. The van der Waals surface area contributed by atoms with Gasteiger partial charge in [-0.05, 0) is 19.9 Å². The first-order valence-electron chi connectivity index (χ1n) is 8.45. The third kappa shape index (κ3) is 2.56. The number of hydrogen-bond acceptors (Lipinski definition) is 5. The minimum absolute atomic E-state index is 0.168. The third-order valence-corrected chi connectivity index (χ3v) is 4.89. The van der Waals surface area contributed by atoms with Crippen LogP contribution < -0.4 is 4.74 Å². The molecule has 3 heterocycles. The van der Waals surface area contributed by atoms with Crippen molar-refractivity contribution in [3.63, 3.8) is 0 Å². The number of methoxy groups -OCH3 is 1. The predicted octanol–water partition coefficient (Wildman–Crippen LogP) is 2.89. The molecule has 0 unspecified atom stereocenters. The van der Waals surface area contributed by atoms with E-state index in [9.17, 15) is 4.79 Å². The highest BCUT2D eigenvalue weighted by atomic mass is 16.5. The van der Waals surface area contributed by atoms with Crippen LogP contribution in [0.3, 0.4) is 0 Å². The lowest BCUT2D eigenvalue weighted by Gasteiger charge is -2.37. The van der Waals surface area contributed by atoms with Crippen LogP contribution in [0.15, 0.2) is 41.3 Å². The number of rotatable bonds is 3. The molecule has 1 aliphatic heterocycles. The topological polar surface area (TPSA) is 73.4 Å². The molecule has 1 aliphatic rings. The highest BCUT2D eigenvalue weighted by molar-refractivity contribution is 5.93. The van der Waals surface area contributed by atoms with Gasteiger partial charge in [-0.3, -0.25) is 4.79 Å². The third-order valence-electron chi connectivity index (χ3n) is 4.89. The van der Waals surface area contributed by atoms with Gasteiger partial charge in [0.2, 0.25) is 0 Å². The lowest BCUT2D eigenvalue weighted by atomic mass is 10.0. The fraction of sp³-hybridized carbons (Fsp3) is 0.316. The summed E-state index contributed by atoms with van der Waals surface area (Å²) in [7, 11) is 1.64. The van der Waals surface area contributed by atoms with Crippen molar-refractivity contribution in [1.29, 1.82) is 0 Å². The second-order valence-electron chi connectivity index (χ2n) is 6.37. The van der Waals surface area contributed by atoms with Gasteiger partial charge >= 0.3 is 0 Å². The van der Waals surface area contributed by atoms with Gasteiger partial charge in [0.05, 0.1) is 19.7 Å². The Balaban J connectivity index is 1.81. The molecule has 1 atom stereocenters. The van der Waals surface area contributed by atoms with Crippen LogP contribution in [-0.2, 0) is 13.1 Å². The number of imidazole rings is 1. The van der Waals surface area contributed by atoms with E-state index in [-0.39, 0.29) is 11.9 Å².